The second-order valence-corrected chi connectivity index (χ2v) is 12.2. The molecule has 0 spiro atoms. The molecule has 224 valence electrons. The molecule has 7 nitrogen and oxygen atoms in total. The lowest BCUT2D eigenvalue weighted by Gasteiger charge is -2.09. The molecule has 3 aromatic carbocycles. The Hall–Kier alpha value is -4.01. The van der Waals surface area contributed by atoms with E-state index in [0.29, 0.717) is 24.7 Å². The van der Waals surface area contributed by atoms with Gasteiger partial charge in [0.15, 0.2) is 0 Å². The van der Waals surface area contributed by atoms with Crippen LogP contribution in [0.5, 0.6) is 5.75 Å². The Bertz CT molecular complexity index is 1530. The third-order valence-corrected chi connectivity index (χ3v) is 8.61. The number of hydrogen-bond donors (Lipinski definition) is 1. The third-order valence-electron chi connectivity index (χ3n) is 7.25. The standard InChI is InChI=1S/C35H39N3O4S/c1-2-3-19-41-20-21-42-33-14-10-29(11-15-33)30-6-4-5-27(22-30)9-18-35(39)37-31-12-16-34(17-13-31)43(40)25-32-23-36-26-38(32)24-28-7-8-28/h4-6,9-18,22-23,26,28H,2-3,7-8,19-21,24-25H2,1H3,(H,37,39)/b18-9+/t43-/m0/s1. The lowest BCUT2D eigenvalue weighted by atomic mass is 10.0. The van der Waals surface area contributed by atoms with Gasteiger partial charge in [-0.3, -0.25) is 9.00 Å². The van der Waals surface area contributed by atoms with Crippen molar-refractivity contribution in [1.82, 2.24) is 9.55 Å². The van der Waals surface area contributed by atoms with Crippen molar-refractivity contribution in [2.45, 2.75) is 49.8 Å². The van der Waals surface area contributed by atoms with E-state index in [2.05, 4.69) is 21.8 Å². The van der Waals surface area contributed by atoms with Crippen molar-refractivity contribution in [3.8, 4) is 16.9 Å². The molecule has 0 aliphatic heterocycles. The molecule has 1 aromatic heterocycles. The summed E-state index contributed by atoms with van der Waals surface area (Å²) in [5, 5.41) is 2.88. The molecule has 5 rings (SSSR count). The molecule has 8 heteroatoms. The lowest BCUT2D eigenvalue weighted by Crippen LogP contribution is -2.08. The van der Waals surface area contributed by atoms with Crippen LogP contribution in [0.2, 0.25) is 0 Å². The minimum atomic E-state index is -1.19. The van der Waals surface area contributed by atoms with Crippen molar-refractivity contribution in [3.63, 3.8) is 0 Å². The molecule has 0 radical (unpaired) electrons. The molecule has 0 unspecified atom stereocenters. The number of amides is 1. The van der Waals surface area contributed by atoms with E-state index in [9.17, 15) is 9.00 Å². The van der Waals surface area contributed by atoms with E-state index < -0.39 is 10.8 Å². The number of carbonyl (C=O) groups is 1. The zero-order valence-electron chi connectivity index (χ0n) is 24.6. The van der Waals surface area contributed by atoms with Crippen LogP contribution in [-0.4, -0.2) is 39.5 Å². The van der Waals surface area contributed by atoms with E-state index in [1.165, 1.54) is 18.9 Å². The van der Waals surface area contributed by atoms with Gasteiger partial charge in [0.25, 0.3) is 0 Å². The Balaban J connectivity index is 1.10. The first-order valence-corrected chi connectivity index (χ1v) is 16.3. The van der Waals surface area contributed by atoms with Gasteiger partial charge in [0.05, 0.1) is 35.2 Å². The van der Waals surface area contributed by atoms with E-state index >= 15 is 0 Å². The van der Waals surface area contributed by atoms with Crippen LogP contribution in [0.25, 0.3) is 17.2 Å². The number of anilines is 1. The number of ether oxygens (including phenoxy) is 2. The molecule has 0 bridgehead atoms. The number of hydrogen-bond acceptors (Lipinski definition) is 5. The Morgan fingerprint density at radius 2 is 1.84 bits per heavy atom. The number of unbranched alkanes of at least 4 members (excludes halogenated alkanes) is 1. The van der Waals surface area contributed by atoms with E-state index in [4.69, 9.17) is 9.47 Å². The van der Waals surface area contributed by atoms with E-state index in [1.54, 1.807) is 36.5 Å². The molecule has 1 aliphatic carbocycles. The van der Waals surface area contributed by atoms with Gasteiger partial charge in [0.1, 0.15) is 12.4 Å². The van der Waals surface area contributed by atoms with E-state index in [1.807, 2.05) is 54.9 Å². The number of aromatic nitrogens is 2. The maximum Gasteiger partial charge on any atom is 0.248 e. The van der Waals surface area contributed by atoms with Crippen LogP contribution in [0.1, 0.15) is 43.9 Å². The van der Waals surface area contributed by atoms with Crippen molar-refractivity contribution in [1.29, 1.82) is 0 Å². The summed E-state index contributed by atoms with van der Waals surface area (Å²) in [6, 6.07) is 23.2. The Morgan fingerprint density at radius 1 is 1.02 bits per heavy atom. The molecule has 1 amide bonds. The maximum atomic E-state index is 12.9. The van der Waals surface area contributed by atoms with Gasteiger partial charge < -0.3 is 19.4 Å². The van der Waals surface area contributed by atoms with Gasteiger partial charge in [-0.25, -0.2) is 4.98 Å². The van der Waals surface area contributed by atoms with Gasteiger partial charge in [-0.05, 0) is 90.4 Å². The van der Waals surface area contributed by atoms with Crippen molar-refractivity contribution >= 4 is 28.5 Å². The summed E-state index contributed by atoms with van der Waals surface area (Å²) < 4.78 is 26.4. The maximum absolute atomic E-state index is 12.9. The molecule has 1 N–H and O–H groups in total. The highest BCUT2D eigenvalue weighted by Gasteiger charge is 2.23. The first kappa shape index (κ1) is 30.4. The van der Waals surface area contributed by atoms with Crippen molar-refractivity contribution in [2.24, 2.45) is 5.92 Å². The summed E-state index contributed by atoms with van der Waals surface area (Å²) in [7, 11) is -1.19. The van der Waals surface area contributed by atoms with Gasteiger partial charge in [0, 0.05) is 36.0 Å². The Labute approximate surface area is 256 Å². The molecule has 1 fully saturated rings. The van der Waals surface area contributed by atoms with Crippen LogP contribution in [-0.2, 0) is 32.6 Å². The molecular weight excluding hydrogens is 558 g/mol. The van der Waals surface area contributed by atoms with Crippen LogP contribution in [0.3, 0.4) is 0 Å². The van der Waals surface area contributed by atoms with Crippen molar-refractivity contribution in [3.05, 3.63) is 103 Å². The van der Waals surface area contributed by atoms with E-state index in [0.717, 1.165) is 64.9 Å². The van der Waals surface area contributed by atoms with Crippen LogP contribution in [0.4, 0.5) is 5.69 Å². The third kappa shape index (κ3) is 9.49. The van der Waals surface area contributed by atoms with Gasteiger partial charge in [-0.2, -0.15) is 0 Å². The van der Waals surface area contributed by atoms with Crippen LogP contribution in [0.15, 0.2) is 96.3 Å². The average Bonchev–Trinajstić information content (AvgIpc) is 3.75. The fraction of sp³-hybridized carbons (Fsp3) is 0.314. The molecule has 1 atom stereocenters. The topological polar surface area (TPSA) is 82.4 Å². The number of imidazole rings is 1. The second-order valence-electron chi connectivity index (χ2n) is 10.8. The number of nitrogens with one attached hydrogen (secondary N) is 1. The van der Waals surface area contributed by atoms with Gasteiger partial charge >= 0.3 is 0 Å². The SMILES string of the molecule is CCCCOCCOc1ccc(-c2cccc(/C=C/C(=O)Nc3ccc([S@@](=O)Cc4cncn4CC4CC4)cc3)c2)cc1. The first-order valence-electron chi connectivity index (χ1n) is 14.9. The Kier molecular flexibility index (Phi) is 10.9. The fourth-order valence-electron chi connectivity index (χ4n) is 4.61. The predicted molar refractivity (Wildman–Crippen MR) is 172 cm³/mol. The quantitative estimate of drug-likeness (QED) is 0.110. The van der Waals surface area contributed by atoms with Gasteiger partial charge in [-0.15, -0.1) is 0 Å². The molecule has 4 aromatic rings. The van der Waals surface area contributed by atoms with Gasteiger partial charge in [-0.1, -0.05) is 43.7 Å². The minimum Gasteiger partial charge on any atom is -0.491 e. The zero-order valence-corrected chi connectivity index (χ0v) is 25.4. The minimum absolute atomic E-state index is 0.233. The number of carbonyl (C=O) groups excluding carboxylic acids is 1. The lowest BCUT2D eigenvalue weighted by molar-refractivity contribution is -0.111. The summed E-state index contributed by atoms with van der Waals surface area (Å²) in [6.07, 6.45) is 11.7. The average molecular weight is 598 g/mol. The molecular formula is C35H39N3O4S. The molecule has 1 saturated carbocycles. The Morgan fingerprint density at radius 3 is 2.60 bits per heavy atom. The summed E-state index contributed by atoms with van der Waals surface area (Å²) in [6.45, 7) is 4.99. The second kappa shape index (κ2) is 15.5. The first-order chi connectivity index (χ1) is 21.1. The highest BCUT2D eigenvalue weighted by atomic mass is 32.2. The van der Waals surface area contributed by atoms with E-state index in [-0.39, 0.29) is 5.91 Å². The smallest absolute Gasteiger partial charge is 0.248 e. The van der Waals surface area contributed by atoms with Crippen molar-refractivity contribution < 1.29 is 18.5 Å². The number of rotatable bonds is 16. The highest BCUT2D eigenvalue weighted by molar-refractivity contribution is 7.84. The molecule has 1 aliphatic rings. The van der Waals surface area contributed by atoms with Crippen LogP contribution < -0.4 is 10.1 Å². The molecule has 43 heavy (non-hydrogen) atoms. The predicted octanol–water partition coefficient (Wildman–Crippen LogP) is 7.12. The normalized spacial score (nSPS) is 13.7. The summed E-state index contributed by atoms with van der Waals surface area (Å²) in [4.78, 5) is 17.6. The van der Waals surface area contributed by atoms with Crippen LogP contribution in [0, 0.1) is 5.92 Å². The highest BCUT2D eigenvalue weighted by Crippen LogP contribution is 2.31. The largest absolute Gasteiger partial charge is 0.491 e. The summed E-state index contributed by atoms with van der Waals surface area (Å²) in [5.74, 6) is 1.73. The number of nitrogens with zero attached hydrogens (tertiary/aromatic N) is 2. The zero-order chi connectivity index (χ0) is 29.9. The number of benzene rings is 3. The monoisotopic (exact) mass is 597 g/mol. The summed E-state index contributed by atoms with van der Waals surface area (Å²) in [5.41, 5.74) is 4.68. The van der Waals surface area contributed by atoms with Gasteiger partial charge in [0.2, 0.25) is 5.91 Å². The van der Waals surface area contributed by atoms with Crippen molar-refractivity contribution in [2.75, 3.05) is 25.1 Å². The molecule has 0 saturated heterocycles. The summed E-state index contributed by atoms with van der Waals surface area (Å²) >= 11 is 0. The fourth-order valence-corrected chi connectivity index (χ4v) is 5.72. The molecule has 1 heterocycles. The van der Waals surface area contributed by atoms with Crippen LogP contribution >= 0.6 is 0 Å².